The van der Waals surface area contributed by atoms with Crippen molar-refractivity contribution < 1.29 is 4.79 Å². The van der Waals surface area contributed by atoms with E-state index in [1.807, 2.05) is 17.6 Å². The third kappa shape index (κ3) is 2.42. The molecule has 0 atom stereocenters. The Morgan fingerprint density at radius 2 is 2.12 bits per heavy atom. The maximum Gasteiger partial charge on any atom is 0.160 e. The highest BCUT2D eigenvalue weighted by molar-refractivity contribution is 7.10. The second-order valence-corrected chi connectivity index (χ2v) is 8.12. The number of Topliss-reactive ketones (excluding diaryl/α,β-unsaturated/α-hetero) is 1. The van der Waals surface area contributed by atoms with Crippen LogP contribution in [0.15, 0.2) is 41.5 Å². The van der Waals surface area contributed by atoms with Crippen LogP contribution in [0.3, 0.4) is 0 Å². The molecule has 0 N–H and O–H groups in total. The van der Waals surface area contributed by atoms with Crippen molar-refractivity contribution in [2.75, 3.05) is 6.54 Å². The summed E-state index contributed by atoms with van der Waals surface area (Å²) in [5.74, 6) is 0.190. The predicted molar refractivity (Wildman–Crippen MR) is 104 cm³/mol. The Balaban J connectivity index is 1.57. The molecule has 0 radical (unpaired) electrons. The van der Waals surface area contributed by atoms with Gasteiger partial charge in [0.05, 0.1) is 24.1 Å². The Bertz CT molecular complexity index is 1040. The number of imidazole rings is 1. The van der Waals surface area contributed by atoms with Crippen molar-refractivity contribution in [1.82, 2.24) is 14.3 Å². The van der Waals surface area contributed by atoms with Crippen LogP contribution in [-0.4, -0.2) is 26.6 Å². The van der Waals surface area contributed by atoms with E-state index >= 15 is 0 Å². The van der Waals surface area contributed by atoms with E-state index in [2.05, 4.69) is 32.6 Å². The smallest absolute Gasteiger partial charge is 0.160 e. The summed E-state index contributed by atoms with van der Waals surface area (Å²) in [5.41, 5.74) is 7.29. The summed E-state index contributed by atoms with van der Waals surface area (Å²) in [7, 11) is 0. The number of hydrogen-bond acceptors (Lipinski definition) is 4. The molecular formula is C21H21N3OS. The van der Waals surface area contributed by atoms with Crippen molar-refractivity contribution in [3.05, 3.63) is 63.2 Å². The molecule has 2 aliphatic rings. The fourth-order valence-corrected chi connectivity index (χ4v) is 5.23. The molecule has 0 amide bonds. The SMILES string of the molecule is CC(=O)c1csc2c1CCN(C(=C1CCC1)c1cnc3ccccn13)C2. The molecule has 0 bridgehead atoms. The van der Waals surface area contributed by atoms with E-state index in [0.29, 0.717) is 0 Å². The predicted octanol–water partition coefficient (Wildman–Crippen LogP) is 4.55. The van der Waals surface area contributed by atoms with Crippen molar-refractivity contribution in [3.8, 4) is 0 Å². The highest BCUT2D eigenvalue weighted by atomic mass is 32.1. The minimum Gasteiger partial charge on any atom is -0.364 e. The Hall–Kier alpha value is -2.40. The maximum atomic E-state index is 11.9. The standard InChI is InChI=1S/C21H21N3OS/c1-14(25)17-13-26-19-12-23(10-8-16(17)19)21(15-5-4-6-15)18-11-22-20-7-2-3-9-24(18)20/h2-3,7,9,11,13H,4-6,8,10,12H2,1H3. The number of ketones is 1. The zero-order valence-electron chi connectivity index (χ0n) is 14.9. The van der Waals surface area contributed by atoms with Crippen LogP contribution < -0.4 is 0 Å². The lowest BCUT2D eigenvalue weighted by atomic mass is 9.88. The number of carbonyl (C=O) groups is 1. The summed E-state index contributed by atoms with van der Waals surface area (Å²) < 4.78 is 2.20. The highest BCUT2D eigenvalue weighted by Crippen LogP contribution is 2.39. The molecule has 0 saturated heterocycles. The summed E-state index contributed by atoms with van der Waals surface area (Å²) in [6, 6.07) is 6.15. The number of hydrogen-bond donors (Lipinski definition) is 0. The topological polar surface area (TPSA) is 37.6 Å². The number of carbonyl (C=O) groups excluding carboxylic acids is 1. The molecule has 3 aromatic heterocycles. The van der Waals surface area contributed by atoms with Gasteiger partial charge in [0.1, 0.15) is 5.65 Å². The second kappa shape index (κ2) is 6.09. The average molecular weight is 363 g/mol. The van der Waals surface area contributed by atoms with E-state index in [-0.39, 0.29) is 5.78 Å². The molecule has 5 rings (SSSR count). The van der Waals surface area contributed by atoms with Crippen LogP contribution in [0.4, 0.5) is 0 Å². The van der Waals surface area contributed by atoms with Gasteiger partial charge in [-0.05, 0) is 55.9 Å². The first-order valence-corrected chi connectivity index (χ1v) is 10.1. The lowest BCUT2D eigenvalue weighted by molar-refractivity contribution is 0.101. The van der Waals surface area contributed by atoms with Crippen LogP contribution >= 0.6 is 11.3 Å². The van der Waals surface area contributed by atoms with Gasteiger partial charge in [0.15, 0.2) is 5.78 Å². The lowest BCUT2D eigenvalue weighted by Crippen LogP contribution is -2.31. The van der Waals surface area contributed by atoms with Crippen molar-refractivity contribution in [2.45, 2.75) is 39.2 Å². The summed E-state index contributed by atoms with van der Waals surface area (Å²) in [5, 5.41) is 2.04. The summed E-state index contributed by atoms with van der Waals surface area (Å²) >= 11 is 1.73. The van der Waals surface area contributed by atoms with E-state index < -0.39 is 0 Å². The first kappa shape index (κ1) is 15.8. The van der Waals surface area contributed by atoms with E-state index in [1.54, 1.807) is 23.8 Å². The van der Waals surface area contributed by atoms with Crippen molar-refractivity contribution >= 4 is 28.5 Å². The number of nitrogens with zero attached hydrogens (tertiary/aromatic N) is 3. The van der Waals surface area contributed by atoms with Crippen LogP contribution in [0.5, 0.6) is 0 Å². The van der Waals surface area contributed by atoms with Gasteiger partial charge in [-0.15, -0.1) is 11.3 Å². The number of aromatic nitrogens is 2. The number of fused-ring (bicyclic) bond motifs is 2. The molecule has 4 heterocycles. The van der Waals surface area contributed by atoms with E-state index in [4.69, 9.17) is 0 Å². The number of thiophene rings is 1. The average Bonchev–Trinajstić information content (AvgIpc) is 3.21. The van der Waals surface area contributed by atoms with Gasteiger partial charge >= 0.3 is 0 Å². The van der Waals surface area contributed by atoms with Crippen molar-refractivity contribution in [3.63, 3.8) is 0 Å². The van der Waals surface area contributed by atoms with Gasteiger partial charge in [-0.3, -0.25) is 9.20 Å². The Labute approximate surface area is 156 Å². The monoisotopic (exact) mass is 363 g/mol. The fraction of sp³-hybridized carbons (Fsp3) is 0.333. The van der Waals surface area contributed by atoms with Crippen LogP contribution in [-0.2, 0) is 13.0 Å². The molecule has 3 aromatic rings. The molecule has 0 unspecified atom stereocenters. The zero-order chi connectivity index (χ0) is 17.7. The molecule has 5 heteroatoms. The quantitative estimate of drug-likeness (QED) is 0.641. The van der Waals surface area contributed by atoms with E-state index in [1.165, 1.54) is 41.1 Å². The van der Waals surface area contributed by atoms with Gasteiger partial charge in [-0.2, -0.15) is 0 Å². The van der Waals surface area contributed by atoms with Crippen LogP contribution in [0.2, 0.25) is 0 Å². The van der Waals surface area contributed by atoms with Crippen molar-refractivity contribution in [1.29, 1.82) is 0 Å². The van der Waals surface area contributed by atoms with E-state index in [9.17, 15) is 4.79 Å². The first-order valence-electron chi connectivity index (χ1n) is 9.22. The normalized spacial score (nSPS) is 16.5. The zero-order valence-corrected chi connectivity index (χ0v) is 15.7. The maximum absolute atomic E-state index is 11.9. The molecule has 26 heavy (non-hydrogen) atoms. The Morgan fingerprint density at radius 1 is 1.23 bits per heavy atom. The minimum absolute atomic E-state index is 0.190. The van der Waals surface area contributed by atoms with Gasteiger partial charge in [-0.1, -0.05) is 6.07 Å². The first-order chi connectivity index (χ1) is 12.7. The molecule has 1 aliphatic heterocycles. The molecule has 1 saturated carbocycles. The number of pyridine rings is 1. The van der Waals surface area contributed by atoms with Crippen LogP contribution in [0.25, 0.3) is 11.3 Å². The lowest BCUT2D eigenvalue weighted by Gasteiger charge is -2.35. The molecular weight excluding hydrogens is 342 g/mol. The highest BCUT2D eigenvalue weighted by Gasteiger charge is 2.28. The molecule has 4 nitrogen and oxygen atoms in total. The van der Waals surface area contributed by atoms with Crippen LogP contribution in [0.1, 0.15) is 52.7 Å². The molecule has 1 fully saturated rings. The van der Waals surface area contributed by atoms with Gasteiger partial charge in [0, 0.05) is 28.6 Å². The third-order valence-corrected chi connectivity index (χ3v) is 6.61. The molecule has 132 valence electrons. The minimum atomic E-state index is 0.190. The third-order valence-electron chi connectivity index (χ3n) is 5.59. The van der Waals surface area contributed by atoms with E-state index in [0.717, 1.165) is 30.7 Å². The second-order valence-electron chi connectivity index (χ2n) is 7.16. The summed E-state index contributed by atoms with van der Waals surface area (Å²) in [6.07, 6.45) is 8.71. The molecule has 0 aromatic carbocycles. The Morgan fingerprint density at radius 3 is 2.88 bits per heavy atom. The van der Waals surface area contributed by atoms with Gasteiger partial charge in [0.25, 0.3) is 0 Å². The van der Waals surface area contributed by atoms with Gasteiger partial charge in [0.2, 0.25) is 0 Å². The number of rotatable bonds is 3. The van der Waals surface area contributed by atoms with Gasteiger partial charge in [-0.25, -0.2) is 4.98 Å². The van der Waals surface area contributed by atoms with Crippen LogP contribution in [0, 0.1) is 0 Å². The fourth-order valence-electron chi connectivity index (χ4n) is 4.08. The summed E-state index contributed by atoms with van der Waals surface area (Å²) in [4.78, 5) is 20.3. The molecule has 1 aliphatic carbocycles. The Kier molecular flexibility index (Phi) is 3.71. The van der Waals surface area contributed by atoms with Gasteiger partial charge < -0.3 is 4.90 Å². The molecule has 0 spiro atoms. The number of allylic oxidation sites excluding steroid dienone is 1. The largest absolute Gasteiger partial charge is 0.364 e. The summed E-state index contributed by atoms with van der Waals surface area (Å²) in [6.45, 7) is 3.53. The van der Waals surface area contributed by atoms with Crippen molar-refractivity contribution in [2.24, 2.45) is 0 Å².